The highest BCUT2D eigenvalue weighted by molar-refractivity contribution is 6.30. The molecular weight excluding hydrogens is 312 g/mol. The number of hydrogen-bond acceptors (Lipinski definition) is 2. The van der Waals surface area contributed by atoms with Gasteiger partial charge in [0, 0.05) is 38.8 Å². The number of carbonyl (C=O) groups is 1. The third kappa shape index (κ3) is 6.10. The Bertz CT molecular complexity index is 540. The van der Waals surface area contributed by atoms with Crippen LogP contribution in [-0.4, -0.2) is 44.0 Å². The molecule has 0 saturated carbocycles. The number of nitrogens with one attached hydrogen (secondary N) is 2. The summed E-state index contributed by atoms with van der Waals surface area (Å²) in [5, 5.41) is 6.85. The molecule has 0 heterocycles. The Morgan fingerprint density at radius 3 is 2.39 bits per heavy atom. The Morgan fingerprint density at radius 1 is 1.26 bits per heavy atom. The van der Waals surface area contributed by atoms with E-state index in [1.165, 1.54) is 0 Å². The molecule has 1 aromatic carbocycles. The maximum Gasteiger partial charge on any atom is 0.227 e. The molecule has 128 valence electrons. The number of aliphatic imine (C=N–C) groups is 1. The Hall–Kier alpha value is -1.75. The van der Waals surface area contributed by atoms with Crippen LogP contribution < -0.4 is 10.6 Å². The van der Waals surface area contributed by atoms with Gasteiger partial charge in [-0.05, 0) is 38.5 Å². The molecule has 0 aliphatic heterocycles. The molecule has 1 rings (SSSR count). The fourth-order valence-electron chi connectivity index (χ4n) is 2.10. The summed E-state index contributed by atoms with van der Waals surface area (Å²) >= 11 is 5.91. The third-order valence-electron chi connectivity index (χ3n) is 3.55. The van der Waals surface area contributed by atoms with Crippen molar-refractivity contribution in [3.63, 3.8) is 0 Å². The third-order valence-corrected chi connectivity index (χ3v) is 3.80. The van der Waals surface area contributed by atoms with E-state index in [0.717, 1.165) is 16.5 Å². The minimum atomic E-state index is -0.507. The van der Waals surface area contributed by atoms with Gasteiger partial charge in [-0.3, -0.25) is 9.79 Å². The van der Waals surface area contributed by atoms with Crippen LogP contribution in [0.4, 0.5) is 0 Å². The summed E-state index contributed by atoms with van der Waals surface area (Å²) in [5.74, 6) is 0.778. The van der Waals surface area contributed by atoms with E-state index in [1.807, 2.05) is 57.0 Å². The molecule has 0 fully saturated rings. The summed E-state index contributed by atoms with van der Waals surface area (Å²) < 4.78 is 0. The quantitative estimate of drug-likeness (QED) is 0.619. The maximum atomic E-state index is 12.0. The molecule has 5 nitrogen and oxygen atoms in total. The maximum absolute atomic E-state index is 12.0. The van der Waals surface area contributed by atoms with Crippen LogP contribution in [0.5, 0.6) is 0 Å². The van der Waals surface area contributed by atoms with Gasteiger partial charge < -0.3 is 15.5 Å². The van der Waals surface area contributed by atoms with Gasteiger partial charge >= 0.3 is 0 Å². The standard InChI is InChI=1S/C17H27ClN4O/c1-6-20-15(23)17(2,3)12-21-16(19-4)22(5)11-13-7-9-14(18)10-8-13/h7-10H,6,11-12H2,1-5H3,(H,19,21)(H,20,23). The topological polar surface area (TPSA) is 56.7 Å². The fraction of sp³-hybridized carbons (Fsp3) is 0.529. The lowest BCUT2D eigenvalue weighted by Gasteiger charge is -2.28. The van der Waals surface area contributed by atoms with Crippen LogP contribution in [0.15, 0.2) is 29.3 Å². The van der Waals surface area contributed by atoms with Crippen molar-refractivity contribution >= 4 is 23.5 Å². The second kappa shape index (κ2) is 8.77. The first-order valence-corrected chi connectivity index (χ1v) is 8.12. The second-order valence-corrected chi connectivity index (χ2v) is 6.56. The molecule has 23 heavy (non-hydrogen) atoms. The van der Waals surface area contributed by atoms with Crippen LogP contribution >= 0.6 is 11.6 Å². The van der Waals surface area contributed by atoms with Gasteiger partial charge in [-0.25, -0.2) is 0 Å². The number of carbonyl (C=O) groups excluding carboxylic acids is 1. The highest BCUT2D eigenvalue weighted by Crippen LogP contribution is 2.14. The Labute approximate surface area is 144 Å². The molecule has 0 radical (unpaired) electrons. The van der Waals surface area contributed by atoms with Crippen LogP contribution in [0.25, 0.3) is 0 Å². The van der Waals surface area contributed by atoms with Crippen LogP contribution in [-0.2, 0) is 11.3 Å². The monoisotopic (exact) mass is 338 g/mol. The van der Waals surface area contributed by atoms with E-state index < -0.39 is 5.41 Å². The van der Waals surface area contributed by atoms with E-state index >= 15 is 0 Å². The van der Waals surface area contributed by atoms with Gasteiger partial charge in [0.25, 0.3) is 0 Å². The number of hydrogen-bond donors (Lipinski definition) is 2. The zero-order valence-corrected chi connectivity index (χ0v) is 15.4. The van der Waals surface area contributed by atoms with Crippen molar-refractivity contribution < 1.29 is 4.79 Å². The molecule has 6 heteroatoms. The number of amides is 1. The van der Waals surface area contributed by atoms with Crippen molar-refractivity contribution in [2.75, 3.05) is 27.2 Å². The highest BCUT2D eigenvalue weighted by atomic mass is 35.5. The van der Waals surface area contributed by atoms with E-state index in [4.69, 9.17) is 11.6 Å². The van der Waals surface area contributed by atoms with Gasteiger partial charge in [-0.15, -0.1) is 0 Å². The van der Waals surface area contributed by atoms with Crippen molar-refractivity contribution in [3.05, 3.63) is 34.9 Å². The average molecular weight is 339 g/mol. The summed E-state index contributed by atoms with van der Waals surface area (Å²) in [5.41, 5.74) is 0.635. The molecule has 0 aliphatic carbocycles. The molecule has 2 N–H and O–H groups in total. The molecule has 0 spiro atoms. The summed E-state index contributed by atoms with van der Waals surface area (Å²) in [6.07, 6.45) is 0. The molecule has 1 aromatic rings. The predicted molar refractivity (Wildman–Crippen MR) is 96.7 cm³/mol. The Balaban J connectivity index is 2.62. The summed E-state index contributed by atoms with van der Waals surface area (Å²) in [6, 6.07) is 7.73. The number of nitrogens with zero attached hydrogens (tertiary/aromatic N) is 2. The molecule has 0 aromatic heterocycles. The minimum Gasteiger partial charge on any atom is -0.356 e. The lowest BCUT2D eigenvalue weighted by molar-refractivity contribution is -0.128. The molecule has 0 bridgehead atoms. The first-order valence-electron chi connectivity index (χ1n) is 7.74. The predicted octanol–water partition coefficient (Wildman–Crippen LogP) is 2.51. The van der Waals surface area contributed by atoms with Gasteiger partial charge in [-0.2, -0.15) is 0 Å². The molecule has 0 atom stereocenters. The zero-order chi connectivity index (χ0) is 17.5. The van der Waals surface area contributed by atoms with Crippen molar-refractivity contribution in [2.45, 2.75) is 27.3 Å². The fourth-order valence-corrected chi connectivity index (χ4v) is 2.23. The summed E-state index contributed by atoms with van der Waals surface area (Å²) in [7, 11) is 3.70. The number of guanidine groups is 1. The molecule has 0 saturated heterocycles. The molecule has 0 aliphatic rings. The summed E-state index contributed by atoms with van der Waals surface area (Å²) in [4.78, 5) is 18.3. The van der Waals surface area contributed by atoms with E-state index in [0.29, 0.717) is 19.6 Å². The molecular formula is C17H27ClN4O. The van der Waals surface area contributed by atoms with Gasteiger partial charge in [0.15, 0.2) is 5.96 Å². The van der Waals surface area contributed by atoms with Gasteiger partial charge in [0.05, 0.1) is 5.41 Å². The van der Waals surface area contributed by atoms with Crippen molar-refractivity contribution in [1.82, 2.24) is 15.5 Å². The Kier molecular flexibility index (Phi) is 7.36. The van der Waals surface area contributed by atoms with Crippen LogP contribution in [0.3, 0.4) is 0 Å². The first-order chi connectivity index (χ1) is 10.8. The van der Waals surface area contributed by atoms with E-state index in [1.54, 1.807) is 7.05 Å². The molecule has 0 unspecified atom stereocenters. The van der Waals surface area contributed by atoms with Crippen molar-refractivity contribution in [3.8, 4) is 0 Å². The minimum absolute atomic E-state index is 0.0308. The Morgan fingerprint density at radius 2 is 1.87 bits per heavy atom. The highest BCUT2D eigenvalue weighted by Gasteiger charge is 2.27. The van der Waals surface area contributed by atoms with Crippen LogP contribution in [0.1, 0.15) is 26.3 Å². The van der Waals surface area contributed by atoms with Crippen LogP contribution in [0, 0.1) is 5.41 Å². The zero-order valence-electron chi connectivity index (χ0n) is 14.6. The van der Waals surface area contributed by atoms with Gasteiger partial charge in [0.1, 0.15) is 0 Å². The number of halogens is 1. The lowest BCUT2D eigenvalue weighted by Crippen LogP contribution is -2.48. The summed E-state index contributed by atoms with van der Waals surface area (Å²) in [6.45, 7) is 7.59. The van der Waals surface area contributed by atoms with Crippen molar-refractivity contribution in [1.29, 1.82) is 0 Å². The normalized spacial score (nSPS) is 12.0. The second-order valence-electron chi connectivity index (χ2n) is 6.13. The number of benzene rings is 1. The number of rotatable bonds is 6. The largest absolute Gasteiger partial charge is 0.356 e. The molecule has 1 amide bonds. The SMILES string of the molecule is CCNC(=O)C(C)(C)CNC(=NC)N(C)Cc1ccc(Cl)cc1. The van der Waals surface area contributed by atoms with E-state index in [2.05, 4.69) is 15.6 Å². The van der Waals surface area contributed by atoms with Crippen molar-refractivity contribution in [2.24, 2.45) is 10.4 Å². The smallest absolute Gasteiger partial charge is 0.227 e. The van der Waals surface area contributed by atoms with Gasteiger partial charge in [0.2, 0.25) is 5.91 Å². The first kappa shape index (κ1) is 19.3. The van der Waals surface area contributed by atoms with E-state index in [9.17, 15) is 4.79 Å². The average Bonchev–Trinajstić information content (AvgIpc) is 2.50. The van der Waals surface area contributed by atoms with Crippen LogP contribution in [0.2, 0.25) is 5.02 Å². The van der Waals surface area contributed by atoms with Gasteiger partial charge in [-0.1, -0.05) is 23.7 Å². The lowest BCUT2D eigenvalue weighted by atomic mass is 9.92. The van der Waals surface area contributed by atoms with E-state index in [-0.39, 0.29) is 5.91 Å².